The molecule has 0 radical (unpaired) electrons. The molecule has 4 heteroatoms. The molecule has 1 aliphatic carbocycles. The smallest absolute Gasteiger partial charge is 0.304 e. The Morgan fingerprint density at radius 1 is 1.35 bits per heavy atom. The van der Waals surface area contributed by atoms with Crippen LogP contribution in [0.4, 0.5) is 0 Å². The van der Waals surface area contributed by atoms with E-state index in [4.69, 9.17) is 9.84 Å². The van der Waals surface area contributed by atoms with E-state index in [1.54, 1.807) is 0 Å². The molecule has 1 aliphatic rings. The maximum absolute atomic E-state index is 10.7. The highest BCUT2D eigenvalue weighted by Crippen LogP contribution is 2.28. The molecule has 0 spiro atoms. The summed E-state index contributed by atoms with van der Waals surface area (Å²) < 4.78 is 5.62. The predicted molar refractivity (Wildman–Crippen MR) is 77.9 cm³/mol. The van der Waals surface area contributed by atoms with Crippen LogP contribution >= 0.6 is 0 Å². The van der Waals surface area contributed by atoms with Crippen molar-refractivity contribution in [3.05, 3.63) is 29.8 Å². The van der Waals surface area contributed by atoms with Crippen molar-refractivity contribution in [3.8, 4) is 5.75 Å². The van der Waals surface area contributed by atoms with Gasteiger partial charge in [0.05, 0.1) is 12.5 Å². The number of benzene rings is 1. The van der Waals surface area contributed by atoms with Crippen LogP contribution in [-0.2, 0) is 11.3 Å². The second kappa shape index (κ2) is 6.75. The fourth-order valence-electron chi connectivity index (χ4n) is 2.25. The van der Waals surface area contributed by atoms with Crippen molar-refractivity contribution in [1.82, 2.24) is 4.90 Å². The lowest BCUT2D eigenvalue weighted by molar-refractivity contribution is -0.137. The fourth-order valence-corrected chi connectivity index (χ4v) is 2.25. The molecular weight excluding hydrogens is 254 g/mol. The van der Waals surface area contributed by atoms with Crippen LogP contribution < -0.4 is 4.74 Å². The van der Waals surface area contributed by atoms with E-state index in [0.717, 1.165) is 12.3 Å². The van der Waals surface area contributed by atoms with Gasteiger partial charge in [0.2, 0.25) is 0 Å². The highest BCUT2D eigenvalue weighted by molar-refractivity contribution is 5.66. The van der Waals surface area contributed by atoms with Crippen molar-refractivity contribution in [3.63, 3.8) is 0 Å². The molecule has 1 aromatic rings. The van der Waals surface area contributed by atoms with Gasteiger partial charge in [0.15, 0.2) is 0 Å². The van der Waals surface area contributed by atoms with Gasteiger partial charge in [-0.3, -0.25) is 9.69 Å². The average Bonchev–Trinajstić information content (AvgIpc) is 3.20. The Hall–Kier alpha value is -1.55. The Morgan fingerprint density at radius 3 is 2.50 bits per heavy atom. The zero-order valence-electron chi connectivity index (χ0n) is 12.2. The molecular formula is C16H23NO3. The van der Waals surface area contributed by atoms with Gasteiger partial charge < -0.3 is 9.84 Å². The summed E-state index contributed by atoms with van der Waals surface area (Å²) in [7, 11) is 0. The van der Waals surface area contributed by atoms with Crippen molar-refractivity contribution >= 4 is 5.97 Å². The zero-order chi connectivity index (χ0) is 14.5. The summed E-state index contributed by atoms with van der Waals surface area (Å²) in [6.45, 7) is 5.47. The van der Waals surface area contributed by atoms with Crippen LogP contribution in [0.2, 0.25) is 0 Å². The minimum Gasteiger partial charge on any atom is -0.491 e. The Kier molecular flexibility index (Phi) is 5.01. The maximum Gasteiger partial charge on any atom is 0.304 e. The largest absolute Gasteiger partial charge is 0.491 e. The number of carboxylic acids is 1. The maximum atomic E-state index is 10.7. The summed E-state index contributed by atoms with van der Waals surface area (Å²) in [6, 6.07) is 8.66. The second-order valence-corrected chi connectivity index (χ2v) is 5.66. The number of carboxylic acid groups (broad SMARTS) is 1. The zero-order valence-corrected chi connectivity index (χ0v) is 12.2. The van der Waals surface area contributed by atoms with E-state index in [-0.39, 0.29) is 12.5 Å². The summed E-state index contributed by atoms with van der Waals surface area (Å²) in [5, 5.41) is 8.81. The van der Waals surface area contributed by atoms with Crippen LogP contribution in [0.25, 0.3) is 0 Å². The first kappa shape index (κ1) is 14.9. The molecule has 0 atom stereocenters. The Bertz CT molecular complexity index is 438. The second-order valence-electron chi connectivity index (χ2n) is 5.66. The van der Waals surface area contributed by atoms with Crippen LogP contribution in [0.3, 0.4) is 0 Å². The van der Waals surface area contributed by atoms with E-state index in [9.17, 15) is 4.79 Å². The molecule has 0 unspecified atom stereocenters. The molecule has 0 saturated heterocycles. The molecule has 1 aromatic carbocycles. The fraction of sp³-hybridized carbons (Fsp3) is 0.562. The number of nitrogens with zero attached hydrogens (tertiary/aromatic N) is 1. The molecule has 0 heterocycles. The molecule has 1 N–H and O–H groups in total. The van der Waals surface area contributed by atoms with Crippen molar-refractivity contribution in [2.45, 2.75) is 51.8 Å². The number of ether oxygens (including phenoxy) is 1. The molecule has 20 heavy (non-hydrogen) atoms. The summed E-state index contributed by atoms with van der Waals surface area (Å²) in [5.41, 5.74) is 1.21. The lowest BCUT2D eigenvalue weighted by atomic mass is 10.2. The molecule has 2 rings (SSSR count). The SMILES string of the molecule is CC(C)Oc1ccc(CN(CCC(=O)O)C2CC2)cc1. The lowest BCUT2D eigenvalue weighted by Gasteiger charge is -2.21. The molecule has 0 amide bonds. The van der Waals surface area contributed by atoms with E-state index in [1.807, 2.05) is 26.0 Å². The summed E-state index contributed by atoms with van der Waals surface area (Å²) in [5.74, 6) is 0.156. The first-order chi connectivity index (χ1) is 9.54. The minimum atomic E-state index is -0.726. The number of hydrogen-bond acceptors (Lipinski definition) is 3. The van der Waals surface area contributed by atoms with Gasteiger partial charge in [-0.2, -0.15) is 0 Å². The first-order valence-electron chi connectivity index (χ1n) is 7.26. The van der Waals surface area contributed by atoms with Gasteiger partial charge in [-0.1, -0.05) is 12.1 Å². The first-order valence-corrected chi connectivity index (χ1v) is 7.26. The number of rotatable bonds is 8. The van der Waals surface area contributed by atoms with Crippen molar-refractivity contribution in [2.75, 3.05) is 6.54 Å². The third kappa shape index (κ3) is 4.85. The summed E-state index contributed by atoms with van der Waals surface area (Å²) in [4.78, 5) is 13.0. The number of carbonyl (C=O) groups is 1. The third-order valence-corrected chi connectivity index (χ3v) is 3.36. The topological polar surface area (TPSA) is 49.8 Å². The molecule has 1 saturated carbocycles. The van der Waals surface area contributed by atoms with Crippen LogP contribution in [0.15, 0.2) is 24.3 Å². The molecule has 4 nitrogen and oxygen atoms in total. The van der Waals surface area contributed by atoms with E-state index in [0.29, 0.717) is 12.6 Å². The highest BCUT2D eigenvalue weighted by atomic mass is 16.5. The summed E-state index contributed by atoms with van der Waals surface area (Å²) in [6.07, 6.45) is 2.77. The quantitative estimate of drug-likeness (QED) is 0.793. The van der Waals surface area contributed by atoms with Gasteiger partial charge in [-0.05, 0) is 44.4 Å². The van der Waals surface area contributed by atoms with Crippen LogP contribution in [0.1, 0.15) is 38.7 Å². The Balaban J connectivity index is 1.90. The van der Waals surface area contributed by atoms with Crippen molar-refractivity contribution < 1.29 is 14.6 Å². The molecule has 0 aromatic heterocycles. The van der Waals surface area contributed by atoms with E-state index in [1.165, 1.54) is 18.4 Å². The summed E-state index contributed by atoms with van der Waals surface area (Å²) >= 11 is 0. The third-order valence-electron chi connectivity index (χ3n) is 3.36. The minimum absolute atomic E-state index is 0.180. The van der Waals surface area contributed by atoms with Gasteiger partial charge in [-0.25, -0.2) is 0 Å². The van der Waals surface area contributed by atoms with Crippen molar-refractivity contribution in [1.29, 1.82) is 0 Å². The number of aliphatic carboxylic acids is 1. The monoisotopic (exact) mass is 277 g/mol. The van der Waals surface area contributed by atoms with Gasteiger partial charge in [0.25, 0.3) is 0 Å². The lowest BCUT2D eigenvalue weighted by Crippen LogP contribution is -2.28. The van der Waals surface area contributed by atoms with Crippen LogP contribution in [0.5, 0.6) is 5.75 Å². The number of hydrogen-bond donors (Lipinski definition) is 1. The van der Waals surface area contributed by atoms with Gasteiger partial charge in [-0.15, -0.1) is 0 Å². The van der Waals surface area contributed by atoms with Gasteiger partial charge in [0.1, 0.15) is 5.75 Å². The molecule has 0 bridgehead atoms. The normalized spacial score (nSPS) is 14.8. The Morgan fingerprint density at radius 2 is 2.00 bits per heavy atom. The van der Waals surface area contributed by atoms with Gasteiger partial charge >= 0.3 is 5.97 Å². The predicted octanol–water partition coefficient (Wildman–Crippen LogP) is 2.91. The van der Waals surface area contributed by atoms with E-state index in [2.05, 4.69) is 17.0 Å². The molecule has 0 aliphatic heterocycles. The van der Waals surface area contributed by atoms with E-state index >= 15 is 0 Å². The molecule has 110 valence electrons. The van der Waals surface area contributed by atoms with Gasteiger partial charge in [0, 0.05) is 19.1 Å². The Labute approximate surface area is 120 Å². The average molecular weight is 277 g/mol. The van der Waals surface area contributed by atoms with E-state index < -0.39 is 5.97 Å². The molecule has 1 fully saturated rings. The highest BCUT2D eigenvalue weighted by Gasteiger charge is 2.28. The van der Waals surface area contributed by atoms with Crippen LogP contribution in [0, 0.1) is 0 Å². The van der Waals surface area contributed by atoms with Crippen molar-refractivity contribution in [2.24, 2.45) is 0 Å². The van der Waals surface area contributed by atoms with Crippen LogP contribution in [-0.4, -0.2) is 34.7 Å². The standard InChI is InChI=1S/C16H23NO3/c1-12(2)20-15-7-3-13(4-8-15)11-17(14-5-6-14)10-9-16(18)19/h3-4,7-8,12,14H,5-6,9-11H2,1-2H3,(H,18,19).